The Morgan fingerprint density at radius 2 is 1.90 bits per heavy atom. The van der Waals surface area contributed by atoms with Crippen LogP contribution in [0.2, 0.25) is 5.15 Å². The van der Waals surface area contributed by atoms with Crippen molar-refractivity contribution in [2.75, 3.05) is 14.2 Å². The Morgan fingerprint density at radius 1 is 1.10 bits per heavy atom. The molecule has 0 saturated heterocycles. The Morgan fingerprint density at radius 3 is 2.67 bits per heavy atom. The highest BCUT2D eigenvalue weighted by Gasteiger charge is 2.18. The van der Waals surface area contributed by atoms with Gasteiger partial charge in [-0.2, -0.15) is 0 Å². The van der Waals surface area contributed by atoms with E-state index in [1.807, 2.05) is 18.2 Å². The fourth-order valence-electron chi connectivity index (χ4n) is 2.69. The molecule has 0 aliphatic heterocycles. The summed E-state index contributed by atoms with van der Waals surface area (Å²) in [5.41, 5.74) is 3.29. The first-order valence-electron chi connectivity index (χ1n) is 6.96. The molecule has 0 bridgehead atoms. The summed E-state index contributed by atoms with van der Waals surface area (Å²) < 4.78 is 10.6. The molecule has 2 aromatic rings. The third kappa shape index (κ3) is 2.81. The van der Waals surface area contributed by atoms with Crippen LogP contribution in [0.1, 0.15) is 29.1 Å². The molecule has 1 aliphatic carbocycles. The van der Waals surface area contributed by atoms with E-state index >= 15 is 0 Å². The Hall–Kier alpha value is -1.81. The molecule has 1 aromatic carbocycles. The van der Waals surface area contributed by atoms with Crippen LogP contribution in [0.5, 0.6) is 11.5 Å². The molecule has 4 nitrogen and oxygen atoms in total. The maximum absolute atomic E-state index is 6.25. The van der Waals surface area contributed by atoms with E-state index in [-0.39, 0.29) is 0 Å². The van der Waals surface area contributed by atoms with Crippen LogP contribution in [0.4, 0.5) is 0 Å². The van der Waals surface area contributed by atoms with Crippen LogP contribution in [-0.2, 0) is 19.3 Å². The first-order valence-corrected chi connectivity index (χ1v) is 7.34. The lowest BCUT2D eigenvalue weighted by Crippen LogP contribution is -2.02. The third-order valence-corrected chi connectivity index (χ3v) is 4.05. The summed E-state index contributed by atoms with van der Waals surface area (Å²) in [6, 6.07) is 5.83. The number of fused-ring (bicyclic) bond motifs is 1. The lowest BCUT2D eigenvalue weighted by Gasteiger charge is -2.10. The topological polar surface area (TPSA) is 44.2 Å². The van der Waals surface area contributed by atoms with Gasteiger partial charge in [0.05, 0.1) is 14.2 Å². The van der Waals surface area contributed by atoms with E-state index in [4.69, 9.17) is 21.1 Å². The first kappa shape index (κ1) is 14.1. The Bertz CT molecular complexity index is 674. The van der Waals surface area contributed by atoms with E-state index in [0.29, 0.717) is 23.1 Å². The molecular weight excluding hydrogens is 288 g/mol. The van der Waals surface area contributed by atoms with E-state index in [1.165, 1.54) is 0 Å². The number of aryl methyl sites for hydroxylation is 1. The SMILES string of the molecule is COc1ccc(Cc2nc(Cl)c3c(n2)CCC3)cc1OC. The summed E-state index contributed by atoms with van der Waals surface area (Å²) in [4.78, 5) is 9.06. The van der Waals surface area contributed by atoms with Gasteiger partial charge in [-0.3, -0.25) is 0 Å². The van der Waals surface area contributed by atoms with Gasteiger partial charge in [-0.25, -0.2) is 9.97 Å². The lowest BCUT2D eigenvalue weighted by molar-refractivity contribution is 0.354. The van der Waals surface area contributed by atoms with Crippen molar-refractivity contribution >= 4 is 11.6 Å². The van der Waals surface area contributed by atoms with Crippen molar-refractivity contribution < 1.29 is 9.47 Å². The largest absolute Gasteiger partial charge is 0.493 e. The summed E-state index contributed by atoms with van der Waals surface area (Å²) in [5, 5.41) is 0.605. The van der Waals surface area contributed by atoms with Crippen molar-refractivity contribution in [1.82, 2.24) is 9.97 Å². The number of hydrogen-bond donors (Lipinski definition) is 0. The van der Waals surface area contributed by atoms with Crippen molar-refractivity contribution in [2.45, 2.75) is 25.7 Å². The summed E-state index contributed by atoms with van der Waals surface area (Å²) in [5.74, 6) is 2.18. The zero-order valence-electron chi connectivity index (χ0n) is 12.1. The van der Waals surface area contributed by atoms with E-state index in [1.54, 1.807) is 14.2 Å². The Labute approximate surface area is 129 Å². The number of aromatic nitrogens is 2. The second kappa shape index (κ2) is 5.90. The number of halogens is 1. The maximum atomic E-state index is 6.25. The quantitative estimate of drug-likeness (QED) is 0.814. The maximum Gasteiger partial charge on any atom is 0.161 e. The molecule has 1 heterocycles. The van der Waals surface area contributed by atoms with Crippen molar-refractivity contribution in [3.8, 4) is 11.5 Å². The predicted molar refractivity (Wildman–Crippen MR) is 81.4 cm³/mol. The van der Waals surface area contributed by atoms with Crippen LogP contribution < -0.4 is 9.47 Å². The molecule has 5 heteroatoms. The average Bonchev–Trinajstić information content (AvgIpc) is 2.96. The summed E-state index contributed by atoms with van der Waals surface area (Å²) in [6.45, 7) is 0. The number of hydrogen-bond acceptors (Lipinski definition) is 4. The fraction of sp³-hybridized carbons (Fsp3) is 0.375. The molecule has 1 aromatic heterocycles. The molecule has 0 atom stereocenters. The Balaban J connectivity index is 1.88. The van der Waals surface area contributed by atoms with Crippen molar-refractivity contribution in [1.29, 1.82) is 0 Å². The highest BCUT2D eigenvalue weighted by Crippen LogP contribution is 2.29. The second-order valence-electron chi connectivity index (χ2n) is 5.08. The van der Waals surface area contributed by atoms with Crippen LogP contribution in [0.3, 0.4) is 0 Å². The van der Waals surface area contributed by atoms with Crippen LogP contribution in [0.15, 0.2) is 18.2 Å². The van der Waals surface area contributed by atoms with Gasteiger partial charge in [-0.05, 0) is 37.0 Å². The molecule has 0 saturated carbocycles. The zero-order valence-corrected chi connectivity index (χ0v) is 12.9. The number of methoxy groups -OCH3 is 2. The number of ether oxygens (including phenoxy) is 2. The highest BCUT2D eigenvalue weighted by molar-refractivity contribution is 6.30. The molecule has 0 unspecified atom stereocenters. The van der Waals surface area contributed by atoms with Crippen LogP contribution in [0.25, 0.3) is 0 Å². The minimum absolute atomic E-state index is 0.605. The number of nitrogens with zero attached hydrogens (tertiary/aromatic N) is 2. The molecule has 0 amide bonds. The molecule has 0 spiro atoms. The van der Waals surface area contributed by atoms with Crippen molar-refractivity contribution in [2.24, 2.45) is 0 Å². The van der Waals surface area contributed by atoms with Crippen molar-refractivity contribution in [3.05, 3.63) is 46.0 Å². The minimum atomic E-state index is 0.605. The normalized spacial score (nSPS) is 13.1. The highest BCUT2D eigenvalue weighted by atomic mass is 35.5. The molecule has 0 N–H and O–H groups in total. The van der Waals surface area contributed by atoms with Gasteiger partial charge >= 0.3 is 0 Å². The van der Waals surface area contributed by atoms with Gasteiger partial charge in [-0.15, -0.1) is 0 Å². The number of benzene rings is 1. The first-order chi connectivity index (χ1) is 10.2. The molecule has 0 fully saturated rings. The summed E-state index contributed by atoms with van der Waals surface area (Å²) in [6.07, 6.45) is 3.73. The van der Waals surface area contributed by atoms with Gasteiger partial charge in [0.1, 0.15) is 11.0 Å². The summed E-state index contributed by atoms with van der Waals surface area (Å²) in [7, 11) is 3.26. The van der Waals surface area contributed by atoms with Crippen LogP contribution in [0, 0.1) is 0 Å². The molecular formula is C16H17ClN2O2. The van der Waals surface area contributed by atoms with Crippen molar-refractivity contribution in [3.63, 3.8) is 0 Å². The second-order valence-corrected chi connectivity index (χ2v) is 5.43. The summed E-state index contributed by atoms with van der Waals surface area (Å²) >= 11 is 6.25. The molecule has 3 rings (SSSR count). The van der Waals surface area contributed by atoms with Gasteiger partial charge in [0.15, 0.2) is 11.5 Å². The van der Waals surface area contributed by atoms with E-state index < -0.39 is 0 Å². The van der Waals surface area contributed by atoms with Gasteiger partial charge in [-0.1, -0.05) is 17.7 Å². The average molecular weight is 305 g/mol. The van der Waals surface area contributed by atoms with E-state index in [2.05, 4.69) is 9.97 Å². The van der Waals surface area contributed by atoms with Gasteiger partial charge in [0, 0.05) is 17.7 Å². The Kier molecular flexibility index (Phi) is 3.97. The number of rotatable bonds is 4. The molecule has 21 heavy (non-hydrogen) atoms. The molecule has 0 radical (unpaired) electrons. The van der Waals surface area contributed by atoms with Gasteiger partial charge < -0.3 is 9.47 Å². The van der Waals surface area contributed by atoms with Crippen LogP contribution in [-0.4, -0.2) is 24.2 Å². The van der Waals surface area contributed by atoms with E-state index in [9.17, 15) is 0 Å². The standard InChI is InChI=1S/C16H17ClN2O2/c1-20-13-7-6-10(8-14(13)21-2)9-15-18-12-5-3-4-11(12)16(17)19-15/h6-8H,3-5,9H2,1-2H3. The van der Waals surface area contributed by atoms with Crippen LogP contribution >= 0.6 is 11.6 Å². The lowest BCUT2D eigenvalue weighted by atomic mass is 10.1. The zero-order chi connectivity index (χ0) is 14.8. The third-order valence-electron chi connectivity index (χ3n) is 3.74. The molecule has 1 aliphatic rings. The minimum Gasteiger partial charge on any atom is -0.493 e. The van der Waals surface area contributed by atoms with Gasteiger partial charge in [0.25, 0.3) is 0 Å². The smallest absolute Gasteiger partial charge is 0.161 e. The molecule has 110 valence electrons. The fourth-order valence-corrected chi connectivity index (χ4v) is 2.99. The van der Waals surface area contributed by atoms with Gasteiger partial charge in [0.2, 0.25) is 0 Å². The van der Waals surface area contributed by atoms with E-state index in [0.717, 1.165) is 41.9 Å². The predicted octanol–water partition coefficient (Wildman–Crippen LogP) is 3.23. The monoisotopic (exact) mass is 304 g/mol.